The molecule has 1 aliphatic heterocycles. The quantitative estimate of drug-likeness (QED) is 0.695. The van der Waals surface area contributed by atoms with Gasteiger partial charge in [0.15, 0.2) is 0 Å². The van der Waals surface area contributed by atoms with Gasteiger partial charge in [0.1, 0.15) is 5.69 Å². The second-order valence-corrected chi connectivity index (χ2v) is 6.36. The van der Waals surface area contributed by atoms with Crippen LogP contribution in [0.1, 0.15) is 35.9 Å². The molecule has 1 aromatic heterocycles. The van der Waals surface area contributed by atoms with Crippen LogP contribution >= 0.6 is 27.5 Å². The SMILES string of the molecule is CCOC(=O)N1CCC(NC(=O)c2[nH]c(C)c(Br)c2Cl)CC1.CO. The maximum atomic E-state index is 12.3. The van der Waals surface area contributed by atoms with Gasteiger partial charge in [-0.15, -0.1) is 0 Å². The molecule has 1 aromatic rings. The molecule has 136 valence electrons. The summed E-state index contributed by atoms with van der Waals surface area (Å²) in [7, 11) is 1.00. The molecule has 0 saturated carbocycles. The van der Waals surface area contributed by atoms with Gasteiger partial charge in [-0.25, -0.2) is 4.79 Å². The monoisotopic (exact) mass is 423 g/mol. The van der Waals surface area contributed by atoms with Gasteiger partial charge in [-0.3, -0.25) is 4.79 Å². The first-order valence-corrected chi connectivity index (χ1v) is 8.82. The minimum absolute atomic E-state index is 0.0247. The van der Waals surface area contributed by atoms with Crippen LogP contribution in [-0.4, -0.2) is 59.8 Å². The van der Waals surface area contributed by atoms with Crippen LogP contribution in [0.2, 0.25) is 5.02 Å². The number of piperidine rings is 1. The van der Waals surface area contributed by atoms with E-state index in [9.17, 15) is 9.59 Å². The van der Waals surface area contributed by atoms with Gasteiger partial charge in [0, 0.05) is 31.9 Å². The van der Waals surface area contributed by atoms with Crippen molar-refractivity contribution in [3.63, 3.8) is 0 Å². The van der Waals surface area contributed by atoms with E-state index in [1.807, 2.05) is 6.92 Å². The lowest BCUT2D eigenvalue weighted by molar-refractivity contribution is 0.0857. The maximum absolute atomic E-state index is 12.3. The summed E-state index contributed by atoms with van der Waals surface area (Å²) < 4.78 is 5.68. The Labute approximate surface area is 154 Å². The number of aliphatic hydroxyl groups is 1. The number of carbonyl (C=O) groups excluding carboxylic acids is 2. The molecule has 0 unspecified atom stereocenters. The predicted molar refractivity (Wildman–Crippen MR) is 95.5 cm³/mol. The molecule has 1 saturated heterocycles. The van der Waals surface area contributed by atoms with E-state index in [2.05, 4.69) is 26.2 Å². The molecule has 9 heteroatoms. The number of H-pyrrole nitrogens is 1. The third kappa shape index (κ3) is 5.12. The predicted octanol–water partition coefficient (Wildman–Crippen LogP) is 2.70. The Morgan fingerprint density at radius 2 is 2.00 bits per heavy atom. The summed E-state index contributed by atoms with van der Waals surface area (Å²) in [6, 6.07) is 0.0247. The van der Waals surface area contributed by atoms with Crippen molar-refractivity contribution in [3.05, 3.63) is 20.9 Å². The van der Waals surface area contributed by atoms with Crippen molar-refractivity contribution < 1.29 is 19.4 Å². The zero-order valence-electron chi connectivity index (χ0n) is 14.0. The number of rotatable bonds is 3. The average Bonchev–Trinajstić information content (AvgIpc) is 2.85. The molecule has 3 N–H and O–H groups in total. The number of nitrogens with zero attached hydrogens (tertiary/aromatic N) is 1. The highest BCUT2D eigenvalue weighted by atomic mass is 79.9. The Morgan fingerprint density at radius 1 is 1.42 bits per heavy atom. The molecule has 1 aliphatic rings. The van der Waals surface area contributed by atoms with Crippen LogP contribution in [0, 0.1) is 6.92 Å². The topological polar surface area (TPSA) is 94.7 Å². The van der Waals surface area contributed by atoms with E-state index in [1.165, 1.54) is 0 Å². The molecule has 2 heterocycles. The first-order chi connectivity index (χ1) is 11.4. The van der Waals surface area contributed by atoms with Crippen LogP contribution in [0.15, 0.2) is 4.47 Å². The van der Waals surface area contributed by atoms with Crippen molar-refractivity contribution in [2.75, 3.05) is 26.8 Å². The summed E-state index contributed by atoms with van der Waals surface area (Å²) in [5, 5.41) is 10.3. The Kier molecular flexibility index (Phi) is 8.58. The van der Waals surface area contributed by atoms with Gasteiger partial charge in [-0.1, -0.05) is 11.6 Å². The molecular formula is C15H23BrClN3O4. The lowest BCUT2D eigenvalue weighted by Gasteiger charge is -2.31. The summed E-state index contributed by atoms with van der Waals surface area (Å²) in [5.41, 5.74) is 1.17. The number of ether oxygens (including phenoxy) is 1. The fourth-order valence-corrected chi connectivity index (χ4v) is 2.98. The van der Waals surface area contributed by atoms with Gasteiger partial charge in [-0.05, 0) is 42.6 Å². The number of hydrogen-bond acceptors (Lipinski definition) is 4. The number of halogens is 2. The number of nitrogens with one attached hydrogen (secondary N) is 2. The standard InChI is InChI=1S/C14H19BrClN3O3.CH4O/c1-3-22-14(21)19-6-4-9(5-7-19)18-13(20)12-11(16)10(15)8(2)17-12;1-2/h9,17H,3-7H2,1-2H3,(H,18,20);2H,1H3. The van der Waals surface area contributed by atoms with Crippen LogP contribution in [-0.2, 0) is 4.74 Å². The largest absolute Gasteiger partial charge is 0.450 e. The lowest BCUT2D eigenvalue weighted by Crippen LogP contribution is -2.46. The molecule has 0 atom stereocenters. The summed E-state index contributed by atoms with van der Waals surface area (Å²) in [6.45, 7) is 5.14. The van der Waals surface area contributed by atoms with Gasteiger partial charge < -0.3 is 25.0 Å². The Balaban J connectivity index is 0.00000139. The normalized spacial score (nSPS) is 14.7. The first-order valence-electron chi connectivity index (χ1n) is 7.64. The van der Waals surface area contributed by atoms with E-state index >= 15 is 0 Å². The average molecular weight is 425 g/mol. The highest BCUT2D eigenvalue weighted by molar-refractivity contribution is 9.10. The first kappa shape index (κ1) is 20.8. The second-order valence-electron chi connectivity index (χ2n) is 5.19. The number of aryl methyl sites for hydroxylation is 1. The zero-order chi connectivity index (χ0) is 18.3. The van der Waals surface area contributed by atoms with Gasteiger partial charge in [-0.2, -0.15) is 0 Å². The fraction of sp³-hybridized carbons (Fsp3) is 0.600. The van der Waals surface area contributed by atoms with Crippen LogP contribution in [0.4, 0.5) is 4.79 Å². The third-order valence-corrected chi connectivity index (χ3v) is 5.23. The number of aliphatic hydroxyl groups excluding tert-OH is 1. The number of likely N-dealkylation sites (tertiary alicyclic amines) is 1. The Bertz CT molecular complexity index is 571. The van der Waals surface area contributed by atoms with E-state index in [0.29, 0.717) is 47.7 Å². The molecule has 0 aliphatic carbocycles. The molecule has 1 fully saturated rings. The van der Waals surface area contributed by atoms with Crippen molar-refractivity contribution in [1.82, 2.24) is 15.2 Å². The number of aromatic amines is 1. The van der Waals surface area contributed by atoms with Crippen LogP contribution in [0.25, 0.3) is 0 Å². The molecular weight excluding hydrogens is 402 g/mol. The smallest absolute Gasteiger partial charge is 0.409 e. The number of hydrogen-bond donors (Lipinski definition) is 3. The highest BCUT2D eigenvalue weighted by Gasteiger charge is 2.26. The molecule has 2 amide bonds. The minimum Gasteiger partial charge on any atom is -0.450 e. The van der Waals surface area contributed by atoms with Crippen molar-refractivity contribution in [3.8, 4) is 0 Å². The summed E-state index contributed by atoms with van der Waals surface area (Å²) in [6.07, 6.45) is 1.10. The van der Waals surface area contributed by atoms with E-state index in [1.54, 1.807) is 11.8 Å². The molecule has 0 bridgehead atoms. The van der Waals surface area contributed by atoms with Gasteiger partial charge in [0.25, 0.3) is 5.91 Å². The molecule has 0 radical (unpaired) electrons. The van der Waals surface area contributed by atoms with Gasteiger partial charge in [0.05, 0.1) is 16.1 Å². The summed E-state index contributed by atoms with van der Waals surface area (Å²) in [4.78, 5) is 28.5. The van der Waals surface area contributed by atoms with Crippen LogP contribution < -0.4 is 5.32 Å². The van der Waals surface area contributed by atoms with Crippen LogP contribution in [0.5, 0.6) is 0 Å². The Hall–Kier alpha value is -1.25. The molecule has 0 aromatic carbocycles. The lowest BCUT2D eigenvalue weighted by atomic mass is 10.1. The minimum atomic E-state index is -0.292. The van der Waals surface area contributed by atoms with Gasteiger partial charge in [0.2, 0.25) is 0 Å². The third-order valence-electron chi connectivity index (χ3n) is 3.64. The van der Waals surface area contributed by atoms with Crippen molar-refractivity contribution >= 4 is 39.5 Å². The van der Waals surface area contributed by atoms with Gasteiger partial charge >= 0.3 is 6.09 Å². The van der Waals surface area contributed by atoms with Crippen molar-refractivity contribution in [1.29, 1.82) is 0 Å². The zero-order valence-corrected chi connectivity index (χ0v) is 16.3. The van der Waals surface area contributed by atoms with E-state index < -0.39 is 0 Å². The van der Waals surface area contributed by atoms with Crippen molar-refractivity contribution in [2.24, 2.45) is 0 Å². The number of aromatic nitrogens is 1. The van der Waals surface area contributed by atoms with E-state index in [0.717, 1.165) is 12.8 Å². The fourth-order valence-electron chi connectivity index (χ4n) is 2.41. The second kappa shape index (κ2) is 9.90. The highest BCUT2D eigenvalue weighted by Crippen LogP contribution is 2.29. The van der Waals surface area contributed by atoms with Crippen molar-refractivity contribution in [2.45, 2.75) is 32.7 Å². The molecule has 0 spiro atoms. The molecule has 7 nitrogen and oxygen atoms in total. The van der Waals surface area contributed by atoms with E-state index in [4.69, 9.17) is 21.4 Å². The molecule has 2 rings (SSSR count). The number of amides is 2. The Morgan fingerprint density at radius 3 is 2.46 bits per heavy atom. The van der Waals surface area contributed by atoms with Crippen LogP contribution in [0.3, 0.4) is 0 Å². The molecule has 24 heavy (non-hydrogen) atoms. The van der Waals surface area contributed by atoms with E-state index in [-0.39, 0.29) is 18.0 Å². The maximum Gasteiger partial charge on any atom is 0.409 e. The summed E-state index contributed by atoms with van der Waals surface area (Å²) >= 11 is 9.45. The number of carbonyl (C=O) groups is 2. The summed E-state index contributed by atoms with van der Waals surface area (Å²) in [5.74, 6) is -0.228.